The Balaban J connectivity index is 2.19. The first-order valence-corrected chi connectivity index (χ1v) is 4.03. The van der Waals surface area contributed by atoms with E-state index in [1.807, 2.05) is 6.07 Å². The Hall–Kier alpha value is -0.980. The first-order chi connectivity index (χ1) is 5.31. The highest BCUT2D eigenvalue weighted by Crippen LogP contribution is 2.47. The predicted octanol–water partition coefficient (Wildman–Crippen LogP) is 3.05. The molecule has 1 aromatic rings. The molecule has 1 aliphatic carbocycles. The summed E-state index contributed by atoms with van der Waals surface area (Å²) in [6, 6.07) is 4.04. The molecule has 1 aromatic heterocycles. The molecular formula is C10H12O. The number of furan rings is 1. The molecule has 0 bridgehead atoms. The lowest BCUT2D eigenvalue weighted by Crippen LogP contribution is -1.73. The van der Waals surface area contributed by atoms with Crippen LogP contribution in [0.4, 0.5) is 0 Å². The maximum absolute atomic E-state index is 5.51. The van der Waals surface area contributed by atoms with E-state index in [-0.39, 0.29) is 0 Å². The van der Waals surface area contributed by atoms with Crippen molar-refractivity contribution in [1.82, 2.24) is 0 Å². The lowest BCUT2D eigenvalue weighted by molar-refractivity contribution is 0.498. The van der Waals surface area contributed by atoms with Gasteiger partial charge in [-0.15, -0.1) is 0 Å². The van der Waals surface area contributed by atoms with Gasteiger partial charge in [-0.1, -0.05) is 13.5 Å². The van der Waals surface area contributed by atoms with E-state index in [0.717, 1.165) is 17.4 Å². The van der Waals surface area contributed by atoms with Crippen LogP contribution in [0.2, 0.25) is 0 Å². The molecule has 0 spiro atoms. The molecule has 11 heavy (non-hydrogen) atoms. The zero-order valence-corrected chi connectivity index (χ0v) is 6.71. The second-order valence-electron chi connectivity index (χ2n) is 3.26. The normalized spacial score (nSPS) is 28.5. The summed E-state index contributed by atoms with van der Waals surface area (Å²) >= 11 is 0. The van der Waals surface area contributed by atoms with Gasteiger partial charge in [0.2, 0.25) is 0 Å². The SMILES string of the molecule is C=Cc1ccc([C@@H]2C[C@@H]2C)o1. The zero-order valence-electron chi connectivity index (χ0n) is 6.71. The van der Waals surface area contributed by atoms with Crippen molar-refractivity contribution in [3.05, 3.63) is 30.2 Å². The summed E-state index contributed by atoms with van der Waals surface area (Å²) in [4.78, 5) is 0. The fourth-order valence-corrected chi connectivity index (χ4v) is 1.40. The summed E-state index contributed by atoms with van der Waals surface area (Å²) in [5, 5.41) is 0. The van der Waals surface area contributed by atoms with Crippen LogP contribution in [-0.2, 0) is 0 Å². The Labute approximate surface area is 66.7 Å². The summed E-state index contributed by atoms with van der Waals surface area (Å²) in [5.74, 6) is 3.52. The Morgan fingerprint density at radius 3 is 2.82 bits per heavy atom. The van der Waals surface area contributed by atoms with E-state index < -0.39 is 0 Å². The average Bonchev–Trinajstić information content (AvgIpc) is 2.59. The quantitative estimate of drug-likeness (QED) is 0.628. The second-order valence-corrected chi connectivity index (χ2v) is 3.26. The Morgan fingerprint density at radius 1 is 1.64 bits per heavy atom. The highest BCUT2D eigenvalue weighted by atomic mass is 16.3. The minimum Gasteiger partial charge on any atom is -0.461 e. The molecule has 1 aliphatic rings. The van der Waals surface area contributed by atoms with E-state index in [1.54, 1.807) is 6.08 Å². The summed E-state index contributed by atoms with van der Waals surface area (Å²) in [6.45, 7) is 5.90. The molecule has 1 fully saturated rings. The third-order valence-corrected chi connectivity index (χ3v) is 2.32. The predicted molar refractivity (Wildman–Crippen MR) is 45.3 cm³/mol. The van der Waals surface area contributed by atoms with Gasteiger partial charge in [0.15, 0.2) is 0 Å². The number of rotatable bonds is 2. The summed E-state index contributed by atoms with van der Waals surface area (Å²) in [5.41, 5.74) is 0. The molecule has 1 nitrogen and oxygen atoms in total. The molecule has 0 unspecified atom stereocenters. The molecule has 0 aliphatic heterocycles. The highest BCUT2D eigenvalue weighted by molar-refractivity contribution is 5.40. The standard InChI is InChI=1S/C10H12O/c1-3-8-4-5-10(11-8)9-6-7(9)2/h3-5,7,9H,1,6H2,2H3/t7-,9+/m0/s1. The van der Waals surface area contributed by atoms with Crippen molar-refractivity contribution in [2.75, 3.05) is 0 Å². The molecule has 0 N–H and O–H groups in total. The maximum atomic E-state index is 5.51. The van der Waals surface area contributed by atoms with E-state index in [9.17, 15) is 0 Å². The molecule has 2 atom stereocenters. The van der Waals surface area contributed by atoms with Crippen LogP contribution in [0, 0.1) is 5.92 Å². The van der Waals surface area contributed by atoms with E-state index >= 15 is 0 Å². The van der Waals surface area contributed by atoms with Crippen LogP contribution in [0.3, 0.4) is 0 Å². The lowest BCUT2D eigenvalue weighted by atomic mass is 10.3. The van der Waals surface area contributed by atoms with Crippen molar-refractivity contribution in [1.29, 1.82) is 0 Å². The first-order valence-electron chi connectivity index (χ1n) is 4.03. The van der Waals surface area contributed by atoms with Gasteiger partial charge in [-0.3, -0.25) is 0 Å². The van der Waals surface area contributed by atoms with Gasteiger partial charge < -0.3 is 4.42 Å². The number of hydrogen-bond acceptors (Lipinski definition) is 1. The third-order valence-electron chi connectivity index (χ3n) is 2.32. The fraction of sp³-hybridized carbons (Fsp3) is 0.400. The molecule has 1 saturated carbocycles. The van der Waals surface area contributed by atoms with Gasteiger partial charge in [0.25, 0.3) is 0 Å². The van der Waals surface area contributed by atoms with E-state index in [1.165, 1.54) is 6.42 Å². The summed E-state index contributed by atoms with van der Waals surface area (Å²) < 4.78 is 5.51. The van der Waals surface area contributed by atoms with Crippen molar-refractivity contribution < 1.29 is 4.42 Å². The zero-order chi connectivity index (χ0) is 7.84. The molecule has 0 amide bonds. The molecule has 0 saturated heterocycles. The molecule has 1 heterocycles. The smallest absolute Gasteiger partial charge is 0.126 e. The molecule has 0 aromatic carbocycles. The Bertz CT molecular complexity index is 272. The lowest BCUT2D eigenvalue weighted by Gasteiger charge is -1.88. The van der Waals surface area contributed by atoms with Gasteiger partial charge in [0, 0.05) is 5.92 Å². The summed E-state index contributed by atoms with van der Waals surface area (Å²) in [7, 11) is 0. The van der Waals surface area contributed by atoms with E-state index in [2.05, 4.69) is 19.6 Å². The Kier molecular flexibility index (Phi) is 1.38. The minimum atomic E-state index is 0.684. The highest BCUT2D eigenvalue weighted by Gasteiger charge is 2.36. The molecule has 58 valence electrons. The molecule has 2 rings (SSSR count). The molecular weight excluding hydrogens is 136 g/mol. The van der Waals surface area contributed by atoms with Crippen LogP contribution in [0.15, 0.2) is 23.1 Å². The topological polar surface area (TPSA) is 13.1 Å². The van der Waals surface area contributed by atoms with Gasteiger partial charge in [0.1, 0.15) is 11.5 Å². The van der Waals surface area contributed by atoms with Crippen molar-refractivity contribution in [3.63, 3.8) is 0 Å². The fourth-order valence-electron chi connectivity index (χ4n) is 1.40. The third kappa shape index (κ3) is 1.11. The Morgan fingerprint density at radius 2 is 2.36 bits per heavy atom. The molecule has 1 heteroatoms. The van der Waals surface area contributed by atoms with Gasteiger partial charge in [0.05, 0.1) is 0 Å². The van der Waals surface area contributed by atoms with Crippen LogP contribution in [0.5, 0.6) is 0 Å². The van der Waals surface area contributed by atoms with Crippen LogP contribution in [0.1, 0.15) is 30.8 Å². The molecule has 0 radical (unpaired) electrons. The van der Waals surface area contributed by atoms with Crippen molar-refractivity contribution in [3.8, 4) is 0 Å². The van der Waals surface area contributed by atoms with Crippen LogP contribution < -0.4 is 0 Å². The van der Waals surface area contributed by atoms with Gasteiger partial charge in [-0.2, -0.15) is 0 Å². The van der Waals surface area contributed by atoms with Crippen molar-refractivity contribution >= 4 is 6.08 Å². The van der Waals surface area contributed by atoms with Gasteiger partial charge >= 0.3 is 0 Å². The first kappa shape index (κ1) is 6.71. The second kappa shape index (κ2) is 2.26. The van der Waals surface area contributed by atoms with Crippen LogP contribution in [-0.4, -0.2) is 0 Å². The van der Waals surface area contributed by atoms with Crippen LogP contribution in [0.25, 0.3) is 6.08 Å². The van der Waals surface area contributed by atoms with Gasteiger partial charge in [-0.05, 0) is 30.5 Å². The maximum Gasteiger partial charge on any atom is 0.126 e. The van der Waals surface area contributed by atoms with E-state index in [4.69, 9.17) is 4.42 Å². The van der Waals surface area contributed by atoms with E-state index in [0.29, 0.717) is 5.92 Å². The monoisotopic (exact) mass is 148 g/mol. The van der Waals surface area contributed by atoms with Crippen LogP contribution >= 0.6 is 0 Å². The minimum absolute atomic E-state index is 0.684. The average molecular weight is 148 g/mol. The largest absolute Gasteiger partial charge is 0.461 e. The summed E-state index contributed by atoms with van der Waals surface area (Å²) in [6.07, 6.45) is 3.03. The van der Waals surface area contributed by atoms with Crippen molar-refractivity contribution in [2.45, 2.75) is 19.3 Å². The van der Waals surface area contributed by atoms with Crippen molar-refractivity contribution in [2.24, 2.45) is 5.92 Å². The number of hydrogen-bond donors (Lipinski definition) is 0. The van der Waals surface area contributed by atoms with Gasteiger partial charge in [-0.25, -0.2) is 0 Å².